The molecule has 0 spiro atoms. The summed E-state index contributed by atoms with van der Waals surface area (Å²) in [6.07, 6.45) is -0.0591. The van der Waals surface area contributed by atoms with Gasteiger partial charge < -0.3 is 4.90 Å². The average molecular weight is 342 g/mol. The maximum atomic E-state index is 13.5. The van der Waals surface area contributed by atoms with Crippen molar-refractivity contribution >= 4 is 25.6 Å². The van der Waals surface area contributed by atoms with Gasteiger partial charge in [0.2, 0.25) is 15.0 Å². The molecule has 0 saturated carbocycles. The lowest BCUT2D eigenvalue weighted by atomic mass is 10.1. The third-order valence-electron chi connectivity index (χ3n) is 3.18. The van der Waals surface area contributed by atoms with Crippen LogP contribution in [0.3, 0.4) is 0 Å². The Hall–Kier alpha value is -1.28. The zero-order valence-corrected chi connectivity index (χ0v) is 12.2. The highest BCUT2D eigenvalue weighted by atomic mass is 35.7. The molecule has 116 valence electrons. The molecule has 1 amide bonds. The highest BCUT2D eigenvalue weighted by Gasteiger charge is 2.33. The minimum Gasteiger partial charge on any atom is -0.338 e. The molecule has 21 heavy (non-hydrogen) atoms. The lowest BCUT2D eigenvalue weighted by molar-refractivity contribution is -0.128. The van der Waals surface area contributed by atoms with Crippen LogP contribution in [0.4, 0.5) is 13.2 Å². The fourth-order valence-electron chi connectivity index (χ4n) is 2.31. The monoisotopic (exact) mass is 341 g/mol. The van der Waals surface area contributed by atoms with Gasteiger partial charge in [-0.15, -0.1) is 0 Å². The number of nitrogens with zero attached hydrogens (tertiary/aromatic N) is 1. The number of carbonyl (C=O) groups is 1. The summed E-state index contributed by atoms with van der Waals surface area (Å²) >= 11 is 0. The molecule has 4 nitrogen and oxygen atoms in total. The van der Waals surface area contributed by atoms with E-state index in [1.807, 2.05) is 0 Å². The molecule has 0 aliphatic carbocycles. The lowest BCUT2D eigenvalue weighted by Gasteiger charge is -2.17. The van der Waals surface area contributed by atoms with Crippen molar-refractivity contribution in [2.75, 3.05) is 12.3 Å². The Bertz CT molecular complexity index is 657. The summed E-state index contributed by atoms with van der Waals surface area (Å²) in [4.78, 5) is 12.9. The van der Waals surface area contributed by atoms with Gasteiger partial charge in [0.15, 0.2) is 0 Å². The molecule has 1 saturated heterocycles. The molecule has 0 N–H and O–H groups in total. The third kappa shape index (κ3) is 4.10. The minimum atomic E-state index is -3.75. The first-order valence-corrected chi connectivity index (χ1v) is 8.47. The predicted octanol–water partition coefficient (Wildman–Crippen LogP) is 2.02. The van der Waals surface area contributed by atoms with Crippen LogP contribution in [-0.2, 0) is 20.4 Å². The molecule has 2 rings (SSSR count). The molecule has 1 aliphatic rings. The SMILES string of the molecule is O=C1CC(CS(=O)(=O)Cl)CN1Cc1c(F)cc(F)cc1F. The van der Waals surface area contributed by atoms with Gasteiger partial charge in [-0.2, -0.15) is 0 Å². The summed E-state index contributed by atoms with van der Waals surface area (Å²) in [5.41, 5.74) is -0.431. The molecule has 1 fully saturated rings. The number of carbonyl (C=O) groups excluding carboxylic acids is 1. The molecule has 1 aromatic carbocycles. The van der Waals surface area contributed by atoms with E-state index in [4.69, 9.17) is 10.7 Å². The molecule has 1 aromatic rings. The van der Waals surface area contributed by atoms with Gasteiger partial charge in [-0.25, -0.2) is 21.6 Å². The fraction of sp³-hybridized carbons (Fsp3) is 0.417. The van der Waals surface area contributed by atoms with Crippen LogP contribution in [0, 0.1) is 23.4 Å². The van der Waals surface area contributed by atoms with E-state index in [0.717, 1.165) is 4.90 Å². The van der Waals surface area contributed by atoms with Crippen molar-refractivity contribution in [3.8, 4) is 0 Å². The molecule has 1 aliphatic heterocycles. The van der Waals surface area contributed by atoms with Crippen LogP contribution in [-0.4, -0.2) is 31.5 Å². The molecule has 0 aromatic heterocycles. The Balaban J connectivity index is 2.13. The second-order valence-corrected chi connectivity index (χ2v) is 7.72. The van der Waals surface area contributed by atoms with Crippen molar-refractivity contribution in [2.24, 2.45) is 5.92 Å². The lowest BCUT2D eigenvalue weighted by Crippen LogP contribution is -2.26. The van der Waals surface area contributed by atoms with Crippen molar-refractivity contribution in [2.45, 2.75) is 13.0 Å². The number of hydrogen-bond donors (Lipinski definition) is 0. The van der Waals surface area contributed by atoms with E-state index >= 15 is 0 Å². The zero-order chi connectivity index (χ0) is 15.8. The minimum absolute atomic E-state index is 0.0288. The molecule has 1 heterocycles. The number of halogens is 4. The average Bonchev–Trinajstić information content (AvgIpc) is 2.61. The highest BCUT2D eigenvalue weighted by Crippen LogP contribution is 2.24. The standard InChI is InChI=1S/C12H11ClF3NO3S/c13-21(19,20)6-7-1-12(18)17(4-7)5-9-10(15)2-8(14)3-11(9)16/h2-3,7H,1,4-6H2. The normalized spacial score (nSPS) is 19.3. The number of hydrogen-bond acceptors (Lipinski definition) is 3. The first kappa shape index (κ1) is 16.1. The van der Waals surface area contributed by atoms with Gasteiger partial charge in [0.05, 0.1) is 12.3 Å². The van der Waals surface area contributed by atoms with Crippen LogP contribution in [0.2, 0.25) is 0 Å². The van der Waals surface area contributed by atoms with Crippen LogP contribution in [0.15, 0.2) is 12.1 Å². The van der Waals surface area contributed by atoms with E-state index < -0.39 is 43.9 Å². The van der Waals surface area contributed by atoms with Gasteiger partial charge in [0, 0.05) is 47.3 Å². The Morgan fingerprint density at radius 2 is 1.81 bits per heavy atom. The Kier molecular flexibility index (Phi) is 4.48. The van der Waals surface area contributed by atoms with Crippen molar-refractivity contribution in [3.05, 3.63) is 35.1 Å². The van der Waals surface area contributed by atoms with Gasteiger partial charge in [0.25, 0.3) is 0 Å². The van der Waals surface area contributed by atoms with Gasteiger partial charge in [-0.05, 0) is 0 Å². The number of likely N-dealkylation sites (tertiary alicyclic amines) is 1. The molecule has 0 radical (unpaired) electrons. The van der Waals surface area contributed by atoms with Crippen molar-refractivity contribution in [1.82, 2.24) is 4.90 Å². The molecular weight excluding hydrogens is 331 g/mol. The number of benzene rings is 1. The maximum absolute atomic E-state index is 13.5. The van der Waals surface area contributed by atoms with E-state index in [-0.39, 0.29) is 25.3 Å². The molecule has 9 heteroatoms. The van der Waals surface area contributed by atoms with Crippen molar-refractivity contribution in [1.29, 1.82) is 0 Å². The van der Waals surface area contributed by atoms with E-state index in [0.29, 0.717) is 12.1 Å². The van der Waals surface area contributed by atoms with Crippen LogP contribution >= 0.6 is 10.7 Å². The maximum Gasteiger partial charge on any atom is 0.232 e. The quantitative estimate of drug-likeness (QED) is 0.787. The molecule has 1 atom stereocenters. The summed E-state index contributed by atoms with van der Waals surface area (Å²) in [5, 5.41) is 0. The Morgan fingerprint density at radius 3 is 2.33 bits per heavy atom. The van der Waals surface area contributed by atoms with Crippen LogP contribution in [0.5, 0.6) is 0 Å². The van der Waals surface area contributed by atoms with Crippen molar-refractivity contribution in [3.63, 3.8) is 0 Å². The number of amides is 1. The second-order valence-electron chi connectivity index (χ2n) is 4.90. The van der Waals surface area contributed by atoms with E-state index in [1.54, 1.807) is 0 Å². The van der Waals surface area contributed by atoms with E-state index in [9.17, 15) is 26.4 Å². The van der Waals surface area contributed by atoms with E-state index in [1.165, 1.54) is 0 Å². The molecule has 0 bridgehead atoms. The second kappa shape index (κ2) is 5.84. The van der Waals surface area contributed by atoms with Gasteiger partial charge >= 0.3 is 0 Å². The zero-order valence-electron chi connectivity index (χ0n) is 10.7. The highest BCUT2D eigenvalue weighted by molar-refractivity contribution is 8.13. The summed E-state index contributed by atoms with van der Waals surface area (Å²) in [6.45, 7) is -0.351. The first-order chi connectivity index (χ1) is 9.65. The van der Waals surface area contributed by atoms with E-state index in [2.05, 4.69) is 0 Å². The summed E-state index contributed by atoms with van der Waals surface area (Å²) < 4.78 is 61.8. The molecule has 1 unspecified atom stereocenters. The summed E-state index contributed by atoms with van der Waals surface area (Å²) in [5.74, 6) is -4.56. The molecular formula is C12H11ClF3NO3S. The topological polar surface area (TPSA) is 54.5 Å². The van der Waals surface area contributed by atoms with Crippen molar-refractivity contribution < 1.29 is 26.4 Å². The van der Waals surface area contributed by atoms with Crippen LogP contribution in [0.1, 0.15) is 12.0 Å². The van der Waals surface area contributed by atoms with Gasteiger partial charge in [0.1, 0.15) is 17.5 Å². The summed E-state index contributed by atoms with van der Waals surface area (Å²) in [6, 6.07) is 1.05. The van der Waals surface area contributed by atoms with Crippen LogP contribution < -0.4 is 0 Å². The van der Waals surface area contributed by atoms with Crippen LogP contribution in [0.25, 0.3) is 0 Å². The largest absolute Gasteiger partial charge is 0.338 e. The Morgan fingerprint density at radius 1 is 1.24 bits per heavy atom. The summed E-state index contributed by atoms with van der Waals surface area (Å²) in [7, 11) is 1.36. The van der Waals surface area contributed by atoms with Gasteiger partial charge in [-0.3, -0.25) is 4.79 Å². The van der Waals surface area contributed by atoms with Gasteiger partial charge in [-0.1, -0.05) is 0 Å². The predicted molar refractivity (Wildman–Crippen MR) is 69.5 cm³/mol. The first-order valence-electron chi connectivity index (χ1n) is 5.99. The Labute approximate surface area is 123 Å². The fourth-order valence-corrected chi connectivity index (χ4v) is 3.63. The number of rotatable bonds is 4. The smallest absolute Gasteiger partial charge is 0.232 e. The third-order valence-corrected chi connectivity index (χ3v) is 4.43.